The van der Waals surface area contributed by atoms with E-state index >= 15 is 0 Å². The number of rotatable bonds is 2. The van der Waals surface area contributed by atoms with Crippen molar-refractivity contribution in [1.82, 2.24) is 10.2 Å². The monoisotopic (exact) mass is 141 g/mol. The molecule has 1 N–H and O–H groups in total. The summed E-state index contributed by atoms with van der Waals surface area (Å²) in [7, 11) is 0. The van der Waals surface area contributed by atoms with Crippen LogP contribution in [-0.2, 0) is 0 Å². The molecule has 0 aromatic carbocycles. The van der Waals surface area contributed by atoms with Crippen LogP contribution >= 0.6 is 0 Å². The van der Waals surface area contributed by atoms with Gasteiger partial charge in [0.1, 0.15) is 0 Å². The number of likely N-dealkylation sites (N-methyl/N-ethyl adjacent to an activating group) is 1. The minimum Gasteiger partial charge on any atom is -0.311 e. The second kappa shape index (κ2) is 3.94. The van der Waals surface area contributed by atoms with Crippen molar-refractivity contribution >= 4 is 0 Å². The fourth-order valence-corrected chi connectivity index (χ4v) is 1.37. The van der Waals surface area contributed by atoms with Crippen molar-refractivity contribution in [3.05, 3.63) is 6.92 Å². The highest BCUT2D eigenvalue weighted by atomic mass is 15.2. The summed E-state index contributed by atoms with van der Waals surface area (Å²) in [6.07, 6.45) is 1.01. The van der Waals surface area contributed by atoms with Crippen LogP contribution in [0.5, 0.6) is 0 Å². The molecule has 1 radical (unpaired) electrons. The molecule has 1 aliphatic heterocycles. The van der Waals surface area contributed by atoms with Crippen molar-refractivity contribution < 1.29 is 0 Å². The van der Waals surface area contributed by atoms with E-state index in [0.29, 0.717) is 6.04 Å². The van der Waals surface area contributed by atoms with Gasteiger partial charge in [0.25, 0.3) is 0 Å². The minimum atomic E-state index is 0.633. The SMILES string of the molecule is [CH2]CC1CN(CC)CCN1. The van der Waals surface area contributed by atoms with Crippen LogP contribution in [0.25, 0.3) is 0 Å². The molecular weight excluding hydrogens is 124 g/mol. The topological polar surface area (TPSA) is 15.3 Å². The van der Waals surface area contributed by atoms with Gasteiger partial charge in [-0.05, 0) is 13.0 Å². The van der Waals surface area contributed by atoms with Crippen molar-refractivity contribution in [1.29, 1.82) is 0 Å². The highest BCUT2D eigenvalue weighted by molar-refractivity contribution is 4.77. The van der Waals surface area contributed by atoms with Gasteiger partial charge in [-0.1, -0.05) is 13.8 Å². The van der Waals surface area contributed by atoms with Crippen LogP contribution in [0, 0.1) is 6.92 Å². The molecule has 1 unspecified atom stereocenters. The molecule has 1 saturated heterocycles. The zero-order valence-electron chi connectivity index (χ0n) is 6.77. The van der Waals surface area contributed by atoms with E-state index < -0.39 is 0 Å². The summed E-state index contributed by atoms with van der Waals surface area (Å²) in [5.74, 6) is 0. The number of hydrogen-bond acceptors (Lipinski definition) is 2. The Bertz CT molecular complexity index is 83.3. The Labute approximate surface area is 63.6 Å². The lowest BCUT2D eigenvalue weighted by Gasteiger charge is -2.32. The molecule has 0 amide bonds. The molecule has 1 fully saturated rings. The van der Waals surface area contributed by atoms with Gasteiger partial charge in [0.05, 0.1) is 0 Å². The Morgan fingerprint density at radius 1 is 1.70 bits per heavy atom. The van der Waals surface area contributed by atoms with Gasteiger partial charge >= 0.3 is 0 Å². The van der Waals surface area contributed by atoms with Gasteiger partial charge < -0.3 is 10.2 Å². The van der Waals surface area contributed by atoms with Crippen molar-refractivity contribution in [2.75, 3.05) is 26.2 Å². The maximum atomic E-state index is 3.89. The van der Waals surface area contributed by atoms with Crippen molar-refractivity contribution in [2.24, 2.45) is 0 Å². The minimum absolute atomic E-state index is 0.633. The third kappa shape index (κ3) is 1.96. The first-order chi connectivity index (χ1) is 4.86. The second-order valence-electron chi connectivity index (χ2n) is 2.83. The smallest absolute Gasteiger partial charge is 0.0195 e. The Hall–Kier alpha value is -0.0800. The lowest BCUT2D eigenvalue weighted by molar-refractivity contribution is 0.209. The standard InChI is InChI=1S/C8H17N2/c1-3-8-7-10(4-2)6-5-9-8/h8-9H,1,3-7H2,2H3. The number of hydrogen-bond donors (Lipinski definition) is 1. The lowest BCUT2D eigenvalue weighted by Crippen LogP contribution is -2.50. The summed E-state index contributed by atoms with van der Waals surface area (Å²) in [5.41, 5.74) is 0. The molecule has 1 heterocycles. The van der Waals surface area contributed by atoms with E-state index in [4.69, 9.17) is 0 Å². The van der Waals surface area contributed by atoms with Crippen molar-refractivity contribution in [3.8, 4) is 0 Å². The Morgan fingerprint density at radius 3 is 3.10 bits per heavy atom. The van der Waals surface area contributed by atoms with Crippen LogP contribution in [0.1, 0.15) is 13.3 Å². The van der Waals surface area contributed by atoms with Crippen molar-refractivity contribution in [3.63, 3.8) is 0 Å². The third-order valence-corrected chi connectivity index (χ3v) is 2.14. The predicted molar refractivity (Wildman–Crippen MR) is 43.9 cm³/mol. The molecule has 0 saturated carbocycles. The van der Waals surface area contributed by atoms with Gasteiger partial charge in [0.15, 0.2) is 0 Å². The van der Waals surface area contributed by atoms with E-state index in [1.54, 1.807) is 0 Å². The van der Waals surface area contributed by atoms with Crippen LogP contribution in [-0.4, -0.2) is 37.1 Å². The van der Waals surface area contributed by atoms with Crippen LogP contribution in [0.15, 0.2) is 0 Å². The molecule has 0 spiro atoms. The van der Waals surface area contributed by atoms with E-state index in [9.17, 15) is 0 Å². The predicted octanol–water partition coefficient (Wildman–Crippen LogP) is 0.504. The first kappa shape index (κ1) is 8.02. The highest BCUT2D eigenvalue weighted by Gasteiger charge is 2.15. The van der Waals surface area contributed by atoms with Crippen LogP contribution in [0.3, 0.4) is 0 Å². The van der Waals surface area contributed by atoms with Crippen molar-refractivity contribution in [2.45, 2.75) is 19.4 Å². The molecule has 0 aromatic heterocycles. The summed E-state index contributed by atoms with van der Waals surface area (Å²) >= 11 is 0. The molecule has 1 atom stereocenters. The number of nitrogens with zero attached hydrogens (tertiary/aromatic N) is 1. The largest absolute Gasteiger partial charge is 0.311 e. The zero-order valence-corrected chi connectivity index (χ0v) is 6.77. The van der Waals surface area contributed by atoms with Gasteiger partial charge in [-0.25, -0.2) is 0 Å². The van der Waals surface area contributed by atoms with E-state index in [1.807, 2.05) is 0 Å². The normalized spacial score (nSPS) is 28.8. The van der Waals surface area contributed by atoms with Crippen LogP contribution in [0.2, 0.25) is 0 Å². The molecule has 0 bridgehead atoms. The van der Waals surface area contributed by atoms with Gasteiger partial charge in [0, 0.05) is 25.7 Å². The Balaban J connectivity index is 2.25. The first-order valence-corrected chi connectivity index (χ1v) is 4.11. The maximum absolute atomic E-state index is 3.89. The summed E-state index contributed by atoms with van der Waals surface area (Å²) in [5, 5.41) is 3.43. The quantitative estimate of drug-likeness (QED) is 0.602. The summed E-state index contributed by atoms with van der Waals surface area (Å²) < 4.78 is 0. The van der Waals surface area contributed by atoms with E-state index in [0.717, 1.165) is 13.0 Å². The Morgan fingerprint density at radius 2 is 2.50 bits per heavy atom. The van der Waals surface area contributed by atoms with Crippen LogP contribution in [0.4, 0.5) is 0 Å². The molecule has 2 heteroatoms. The molecule has 10 heavy (non-hydrogen) atoms. The summed E-state index contributed by atoms with van der Waals surface area (Å²) in [6.45, 7) is 10.8. The molecule has 2 nitrogen and oxygen atoms in total. The number of nitrogens with one attached hydrogen (secondary N) is 1. The molecule has 0 aliphatic carbocycles. The van der Waals surface area contributed by atoms with Gasteiger partial charge in [-0.3, -0.25) is 0 Å². The molecular formula is C8H17N2. The van der Waals surface area contributed by atoms with Gasteiger partial charge in [0.2, 0.25) is 0 Å². The number of piperazine rings is 1. The average Bonchev–Trinajstić information content (AvgIpc) is 2.05. The van der Waals surface area contributed by atoms with E-state index in [2.05, 4.69) is 24.1 Å². The molecule has 1 aliphatic rings. The fraction of sp³-hybridized carbons (Fsp3) is 0.875. The Kier molecular flexibility index (Phi) is 3.16. The average molecular weight is 141 g/mol. The fourth-order valence-electron chi connectivity index (χ4n) is 1.37. The third-order valence-electron chi connectivity index (χ3n) is 2.14. The van der Waals surface area contributed by atoms with E-state index in [1.165, 1.54) is 19.6 Å². The van der Waals surface area contributed by atoms with Crippen LogP contribution < -0.4 is 5.32 Å². The summed E-state index contributed by atoms with van der Waals surface area (Å²) in [6, 6.07) is 0.633. The second-order valence-corrected chi connectivity index (χ2v) is 2.83. The van der Waals surface area contributed by atoms with Gasteiger partial charge in [-0.2, -0.15) is 0 Å². The first-order valence-electron chi connectivity index (χ1n) is 4.11. The lowest BCUT2D eigenvalue weighted by atomic mass is 10.1. The summed E-state index contributed by atoms with van der Waals surface area (Å²) in [4.78, 5) is 2.46. The van der Waals surface area contributed by atoms with E-state index in [-0.39, 0.29) is 0 Å². The highest BCUT2D eigenvalue weighted by Crippen LogP contribution is 2.00. The molecule has 0 aromatic rings. The maximum Gasteiger partial charge on any atom is 0.0195 e. The molecule has 1 rings (SSSR count). The zero-order chi connectivity index (χ0) is 7.40. The molecule has 59 valence electrons. The van der Waals surface area contributed by atoms with Gasteiger partial charge in [-0.15, -0.1) is 0 Å².